The standard InChI is InChI=1S/C21H16FN5O2/c22-16-4-2-1-3-14(16)18-12-27-19(24-18)15-11-26(10-7-17(15)25-21(27)29)20(28)13-5-8-23-9-6-13/h1-6,8-9,12H,7,10-11H2,(H,25,29). The van der Waals surface area contributed by atoms with E-state index in [0.29, 0.717) is 42.0 Å². The molecule has 29 heavy (non-hydrogen) atoms. The highest BCUT2D eigenvalue weighted by molar-refractivity contribution is 5.94. The summed E-state index contributed by atoms with van der Waals surface area (Å²) in [5.41, 5.74) is 2.88. The van der Waals surface area contributed by atoms with Gasteiger partial charge in [0.15, 0.2) is 0 Å². The number of pyridine rings is 1. The van der Waals surface area contributed by atoms with Crippen molar-refractivity contribution >= 4 is 11.6 Å². The van der Waals surface area contributed by atoms with Gasteiger partial charge in [0.25, 0.3) is 5.91 Å². The number of amides is 1. The number of hydrogen-bond acceptors (Lipinski definition) is 4. The number of carbonyl (C=O) groups excluding carboxylic acids is 1. The van der Waals surface area contributed by atoms with Crippen molar-refractivity contribution in [2.45, 2.75) is 13.0 Å². The Morgan fingerprint density at radius 3 is 2.72 bits per heavy atom. The van der Waals surface area contributed by atoms with Gasteiger partial charge in [0, 0.05) is 53.9 Å². The molecule has 0 radical (unpaired) electrons. The van der Waals surface area contributed by atoms with Crippen LogP contribution in [0.2, 0.25) is 0 Å². The van der Waals surface area contributed by atoms with Gasteiger partial charge in [-0.25, -0.2) is 14.2 Å². The Bertz CT molecular complexity index is 1300. The van der Waals surface area contributed by atoms with E-state index < -0.39 is 5.82 Å². The predicted molar refractivity (Wildman–Crippen MR) is 104 cm³/mol. The van der Waals surface area contributed by atoms with Crippen LogP contribution in [0.3, 0.4) is 0 Å². The van der Waals surface area contributed by atoms with Crippen LogP contribution in [-0.4, -0.2) is 36.7 Å². The zero-order valence-electron chi connectivity index (χ0n) is 15.3. The van der Waals surface area contributed by atoms with Crippen LogP contribution in [0.15, 0.2) is 59.8 Å². The predicted octanol–water partition coefficient (Wildman–Crippen LogP) is 2.42. The van der Waals surface area contributed by atoms with Crippen LogP contribution in [0.5, 0.6) is 0 Å². The molecule has 1 aliphatic heterocycles. The van der Waals surface area contributed by atoms with E-state index in [-0.39, 0.29) is 11.6 Å². The number of nitrogens with zero attached hydrogens (tertiary/aromatic N) is 4. The summed E-state index contributed by atoms with van der Waals surface area (Å²) in [5, 5.41) is 0. The average Bonchev–Trinajstić information content (AvgIpc) is 3.20. The van der Waals surface area contributed by atoms with Crippen LogP contribution in [-0.2, 0) is 13.0 Å². The number of aromatic nitrogens is 4. The van der Waals surface area contributed by atoms with E-state index in [2.05, 4.69) is 15.0 Å². The van der Waals surface area contributed by atoms with Crippen molar-refractivity contribution in [1.82, 2.24) is 24.3 Å². The Morgan fingerprint density at radius 1 is 1.14 bits per heavy atom. The Kier molecular flexibility index (Phi) is 3.97. The van der Waals surface area contributed by atoms with Gasteiger partial charge in [-0.15, -0.1) is 0 Å². The lowest BCUT2D eigenvalue weighted by Gasteiger charge is -2.28. The van der Waals surface area contributed by atoms with Gasteiger partial charge in [-0.05, 0) is 24.3 Å². The fourth-order valence-electron chi connectivity index (χ4n) is 3.69. The second kappa shape index (κ2) is 6.66. The molecule has 0 atom stereocenters. The molecule has 8 heteroatoms. The summed E-state index contributed by atoms with van der Waals surface area (Å²) in [7, 11) is 0. The van der Waals surface area contributed by atoms with Gasteiger partial charge >= 0.3 is 5.69 Å². The molecule has 0 aliphatic carbocycles. The molecule has 144 valence electrons. The minimum Gasteiger partial charge on any atom is -0.334 e. The van der Waals surface area contributed by atoms with Crippen molar-refractivity contribution in [3.8, 4) is 11.3 Å². The van der Waals surface area contributed by atoms with Gasteiger partial charge < -0.3 is 9.88 Å². The molecule has 1 aliphatic rings. The number of carbonyl (C=O) groups is 1. The van der Waals surface area contributed by atoms with Crippen molar-refractivity contribution in [3.05, 3.63) is 88.1 Å². The quantitative estimate of drug-likeness (QED) is 0.571. The molecule has 7 nitrogen and oxygen atoms in total. The molecule has 3 aromatic heterocycles. The zero-order chi connectivity index (χ0) is 20.0. The van der Waals surface area contributed by atoms with Crippen LogP contribution >= 0.6 is 0 Å². The van der Waals surface area contributed by atoms with Crippen LogP contribution in [0.25, 0.3) is 16.9 Å². The van der Waals surface area contributed by atoms with Crippen LogP contribution in [0, 0.1) is 5.82 Å². The monoisotopic (exact) mass is 389 g/mol. The third kappa shape index (κ3) is 2.89. The number of imidazole rings is 1. The summed E-state index contributed by atoms with van der Waals surface area (Å²) in [6.45, 7) is 0.797. The lowest BCUT2D eigenvalue weighted by molar-refractivity contribution is 0.0734. The third-order valence-corrected chi connectivity index (χ3v) is 5.16. The van der Waals surface area contributed by atoms with E-state index in [9.17, 15) is 14.0 Å². The van der Waals surface area contributed by atoms with Gasteiger partial charge in [-0.3, -0.25) is 14.2 Å². The number of rotatable bonds is 2. The molecule has 0 fully saturated rings. The van der Waals surface area contributed by atoms with E-state index in [1.165, 1.54) is 16.7 Å². The minimum absolute atomic E-state index is 0.108. The number of aromatic amines is 1. The van der Waals surface area contributed by atoms with Gasteiger partial charge in [-0.2, -0.15) is 0 Å². The first-order valence-electron chi connectivity index (χ1n) is 9.19. The molecule has 0 saturated heterocycles. The molecule has 1 amide bonds. The van der Waals surface area contributed by atoms with Crippen molar-refractivity contribution < 1.29 is 9.18 Å². The first kappa shape index (κ1) is 17.3. The van der Waals surface area contributed by atoms with Gasteiger partial charge in [0.1, 0.15) is 11.5 Å². The summed E-state index contributed by atoms with van der Waals surface area (Å²) in [4.78, 5) is 38.4. The first-order chi connectivity index (χ1) is 14.1. The maximum Gasteiger partial charge on any atom is 0.331 e. The fraction of sp³-hybridized carbons (Fsp3) is 0.143. The maximum absolute atomic E-state index is 14.2. The summed E-state index contributed by atoms with van der Waals surface area (Å²) in [5.74, 6) is -0.515. The van der Waals surface area contributed by atoms with Crippen molar-refractivity contribution in [1.29, 1.82) is 0 Å². The number of benzene rings is 1. The first-order valence-corrected chi connectivity index (χ1v) is 9.19. The Morgan fingerprint density at radius 2 is 1.93 bits per heavy atom. The van der Waals surface area contributed by atoms with Gasteiger partial charge in [0.05, 0.1) is 12.2 Å². The number of H-pyrrole nitrogens is 1. The second-order valence-electron chi connectivity index (χ2n) is 6.90. The molecule has 0 unspecified atom stereocenters. The normalized spacial score (nSPS) is 13.5. The average molecular weight is 389 g/mol. The topological polar surface area (TPSA) is 83.4 Å². The molecule has 4 aromatic rings. The van der Waals surface area contributed by atoms with Crippen molar-refractivity contribution in [2.75, 3.05) is 6.54 Å². The Balaban J connectivity index is 1.59. The highest BCUT2D eigenvalue weighted by Crippen LogP contribution is 2.26. The number of hydrogen-bond donors (Lipinski definition) is 1. The molecule has 0 bridgehead atoms. The third-order valence-electron chi connectivity index (χ3n) is 5.16. The summed E-state index contributed by atoms with van der Waals surface area (Å²) < 4.78 is 15.6. The second-order valence-corrected chi connectivity index (χ2v) is 6.90. The highest BCUT2D eigenvalue weighted by atomic mass is 19.1. The minimum atomic E-state index is -0.407. The smallest absolute Gasteiger partial charge is 0.331 e. The van der Waals surface area contributed by atoms with Crippen LogP contribution in [0.4, 0.5) is 4.39 Å². The van der Waals surface area contributed by atoms with Crippen LogP contribution in [0.1, 0.15) is 21.6 Å². The molecule has 4 heterocycles. The highest BCUT2D eigenvalue weighted by Gasteiger charge is 2.26. The molecule has 0 saturated carbocycles. The van der Waals surface area contributed by atoms with E-state index in [0.717, 1.165) is 11.3 Å². The molecule has 5 rings (SSSR count). The van der Waals surface area contributed by atoms with Gasteiger partial charge in [0.2, 0.25) is 0 Å². The number of nitrogens with one attached hydrogen (secondary N) is 1. The summed E-state index contributed by atoms with van der Waals surface area (Å²) >= 11 is 0. The lowest BCUT2D eigenvalue weighted by atomic mass is 10.1. The number of halogens is 1. The van der Waals surface area contributed by atoms with E-state index in [1.807, 2.05) is 0 Å². The van der Waals surface area contributed by atoms with E-state index in [4.69, 9.17) is 0 Å². The summed E-state index contributed by atoms with van der Waals surface area (Å²) in [6, 6.07) is 9.65. The SMILES string of the molecule is O=C(c1ccncc1)N1CCc2[nH]c(=O)n3cc(-c4ccccc4F)nc3c2C1. The Hall–Kier alpha value is -3.81. The van der Waals surface area contributed by atoms with Crippen molar-refractivity contribution in [3.63, 3.8) is 0 Å². The lowest BCUT2D eigenvalue weighted by Crippen LogP contribution is -2.38. The Labute approximate surface area is 164 Å². The van der Waals surface area contributed by atoms with E-state index >= 15 is 0 Å². The van der Waals surface area contributed by atoms with Gasteiger partial charge in [-0.1, -0.05) is 12.1 Å². The molecule has 1 N–H and O–H groups in total. The molecular formula is C21H16FN5O2. The van der Waals surface area contributed by atoms with E-state index in [1.54, 1.807) is 47.6 Å². The van der Waals surface area contributed by atoms with Crippen LogP contribution < -0.4 is 5.69 Å². The van der Waals surface area contributed by atoms with Crippen molar-refractivity contribution in [2.24, 2.45) is 0 Å². The number of fused-ring (bicyclic) bond motifs is 3. The summed E-state index contributed by atoms with van der Waals surface area (Å²) in [6.07, 6.45) is 5.20. The fourth-order valence-corrected chi connectivity index (χ4v) is 3.69. The maximum atomic E-state index is 14.2. The molecular weight excluding hydrogens is 373 g/mol. The molecule has 1 aromatic carbocycles. The zero-order valence-corrected chi connectivity index (χ0v) is 15.3. The molecule has 0 spiro atoms. The largest absolute Gasteiger partial charge is 0.334 e.